The number of nitrogens with zero attached hydrogens (tertiary/aromatic N) is 1. The largest absolute Gasteiger partial charge is 0.497 e. The molecular weight excluding hydrogens is 314 g/mol. The quantitative estimate of drug-likeness (QED) is 0.599. The van der Waals surface area contributed by atoms with E-state index in [4.69, 9.17) is 14.2 Å². The summed E-state index contributed by atoms with van der Waals surface area (Å²) in [6.45, 7) is 11.3. The predicted octanol–water partition coefficient (Wildman–Crippen LogP) is 4.19. The van der Waals surface area contributed by atoms with Gasteiger partial charge in [0.1, 0.15) is 5.75 Å². The molecule has 0 saturated carbocycles. The summed E-state index contributed by atoms with van der Waals surface area (Å²) in [4.78, 5) is 2.52. The Morgan fingerprint density at radius 2 is 1.88 bits per heavy atom. The minimum absolute atomic E-state index is 0.308. The van der Waals surface area contributed by atoms with E-state index in [9.17, 15) is 0 Å². The van der Waals surface area contributed by atoms with Gasteiger partial charge >= 0.3 is 0 Å². The number of rotatable bonds is 11. The minimum Gasteiger partial charge on any atom is -0.497 e. The normalized spacial score (nSPS) is 16.5. The van der Waals surface area contributed by atoms with Gasteiger partial charge in [-0.25, -0.2) is 0 Å². The van der Waals surface area contributed by atoms with Crippen LogP contribution in [0.15, 0.2) is 18.2 Å². The molecule has 0 atom stereocenters. The van der Waals surface area contributed by atoms with E-state index in [1.165, 1.54) is 11.1 Å². The second-order valence-electron chi connectivity index (χ2n) is 6.94. The number of likely N-dealkylation sites (N-methyl/N-ethyl adjacent to an activating group) is 1. The first-order valence-corrected chi connectivity index (χ1v) is 9.76. The first-order chi connectivity index (χ1) is 12.1. The van der Waals surface area contributed by atoms with E-state index in [2.05, 4.69) is 37.8 Å². The van der Waals surface area contributed by atoms with Crippen molar-refractivity contribution in [2.24, 2.45) is 0 Å². The highest BCUT2D eigenvalue weighted by Gasteiger charge is 2.34. The van der Waals surface area contributed by atoms with Crippen LogP contribution in [-0.2, 0) is 15.9 Å². The average Bonchev–Trinajstić information content (AvgIpc) is 3.08. The first kappa shape index (κ1) is 20.2. The summed E-state index contributed by atoms with van der Waals surface area (Å²) < 4.78 is 17.2. The third-order valence-electron chi connectivity index (χ3n) is 5.18. The van der Waals surface area contributed by atoms with Crippen molar-refractivity contribution in [1.82, 2.24) is 4.90 Å². The van der Waals surface area contributed by atoms with Crippen LogP contribution < -0.4 is 4.74 Å². The summed E-state index contributed by atoms with van der Waals surface area (Å²) in [5.74, 6) is 0.637. The van der Waals surface area contributed by atoms with Crippen LogP contribution in [0.5, 0.6) is 5.75 Å². The zero-order chi connectivity index (χ0) is 18.1. The second-order valence-corrected chi connectivity index (χ2v) is 6.94. The van der Waals surface area contributed by atoms with Crippen molar-refractivity contribution in [3.8, 4) is 5.75 Å². The van der Waals surface area contributed by atoms with Crippen LogP contribution >= 0.6 is 0 Å². The van der Waals surface area contributed by atoms with Gasteiger partial charge in [-0.3, -0.25) is 0 Å². The molecular formula is C21H35NO3. The van der Waals surface area contributed by atoms with Crippen LogP contribution in [0.25, 0.3) is 0 Å². The van der Waals surface area contributed by atoms with E-state index in [1.807, 2.05) is 6.07 Å². The van der Waals surface area contributed by atoms with E-state index in [0.29, 0.717) is 0 Å². The topological polar surface area (TPSA) is 30.9 Å². The molecule has 1 aliphatic rings. The van der Waals surface area contributed by atoms with Crippen molar-refractivity contribution in [1.29, 1.82) is 0 Å². The highest BCUT2D eigenvalue weighted by atomic mass is 16.7. The smallest absolute Gasteiger partial charge is 0.168 e. The van der Waals surface area contributed by atoms with Crippen LogP contribution in [0.1, 0.15) is 50.7 Å². The fraction of sp³-hybridized carbons (Fsp3) is 0.714. The van der Waals surface area contributed by atoms with Crippen LogP contribution in [0.3, 0.4) is 0 Å². The lowest BCUT2D eigenvalue weighted by Crippen LogP contribution is -2.33. The maximum atomic E-state index is 5.91. The first-order valence-electron chi connectivity index (χ1n) is 9.76. The molecule has 0 aromatic heterocycles. The molecule has 4 heteroatoms. The predicted molar refractivity (Wildman–Crippen MR) is 102 cm³/mol. The standard InChI is InChI=1S/C21H35NO3/c1-5-11-21(24-15-16-25-21)12-7-13-22(6-2)14-10-19-17-20(23-4)9-8-18(19)3/h8-9,17H,5-7,10-16H2,1-4H3. The van der Waals surface area contributed by atoms with E-state index in [0.717, 1.165) is 70.7 Å². The maximum Gasteiger partial charge on any atom is 0.168 e. The van der Waals surface area contributed by atoms with Gasteiger partial charge in [-0.05, 0) is 56.1 Å². The number of hydrogen-bond acceptors (Lipinski definition) is 4. The molecule has 1 aromatic carbocycles. The summed E-state index contributed by atoms with van der Waals surface area (Å²) in [5, 5.41) is 0. The van der Waals surface area contributed by atoms with Crippen molar-refractivity contribution < 1.29 is 14.2 Å². The molecule has 25 heavy (non-hydrogen) atoms. The van der Waals surface area contributed by atoms with Gasteiger partial charge in [-0.15, -0.1) is 0 Å². The number of ether oxygens (including phenoxy) is 3. The Bertz CT molecular complexity index is 512. The Morgan fingerprint density at radius 1 is 1.12 bits per heavy atom. The van der Waals surface area contributed by atoms with Gasteiger partial charge in [-0.2, -0.15) is 0 Å². The Labute approximate surface area is 153 Å². The third kappa shape index (κ3) is 5.98. The van der Waals surface area contributed by atoms with Gasteiger partial charge in [-0.1, -0.05) is 26.3 Å². The van der Waals surface area contributed by atoms with Gasteiger partial charge in [0.05, 0.1) is 20.3 Å². The van der Waals surface area contributed by atoms with E-state index in [-0.39, 0.29) is 5.79 Å². The molecule has 1 heterocycles. The highest BCUT2D eigenvalue weighted by Crippen LogP contribution is 2.30. The lowest BCUT2D eigenvalue weighted by molar-refractivity contribution is -0.168. The Hall–Kier alpha value is -1.10. The molecule has 0 amide bonds. The zero-order valence-electron chi connectivity index (χ0n) is 16.5. The molecule has 142 valence electrons. The van der Waals surface area contributed by atoms with E-state index in [1.54, 1.807) is 7.11 Å². The Morgan fingerprint density at radius 3 is 2.52 bits per heavy atom. The molecule has 1 saturated heterocycles. The van der Waals surface area contributed by atoms with Gasteiger partial charge in [0.15, 0.2) is 5.79 Å². The highest BCUT2D eigenvalue weighted by molar-refractivity contribution is 5.35. The molecule has 0 N–H and O–H groups in total. The fourth-order valence-corrected chi connectivity index (χ4v) is 3.61. The van der Waals surface area contributed by atoms with Crippen molar-refractivity contribution in [3.05, 3.63) is 29.3 Å². The maximum absolute atomic E-state index is 5.91. The molecule has 2 rings (SSSR count). The van der Waals surface area contributed by atoms with Crippen molar-refractivity contribution >= 4 is 0 Å². The number of aryl methyl sites for hydroxylation is 1. The molecule has 1 aromatic rings. The van der Waals surface area contributed by atoms with Gasteiger partial charge in [0.25, 0.3) is 0 Å². The molecule has 0 bridgehead atoms. The van der Waals surface area contributed by atoms with Gasteiger partial charge in [0, 0.05) is 19.4 Å². The van der Waals surface area contributed by atoms with Crippen molar-refractivity contribution in [3.63, 3.8) is 0 Å². The SMILES string of the molecule is CCCC1(CCCN(CC)CCc2cc(OC)ccc2C)OCCO1. The summed E-state index contributed by atoms with van der Waals surface area (Å²) in [6.07, 6.45) is 5.28. The van der Waals surface area contributed by atoms with E-state index >= 15 is 0 Å². The molecule has 1 fully saturated rings. The van der Waals surface area contributed by atoms with Crippen LogP contribution in [0.2, 0.25) is 0 Å². The second kappa shape index (κ2) is 10.1. The Kier molecular flexibility index (Phi) is 8.20. The lowest BCUT2D eigenvalue weighted by Gasteiger charge is -2.28. The van der Waals surface area contributed by atoms with Crippen LogP contribution in [0.4, 0.5) is 0 Å². The Balaban J connectivity index is 1.80. The molecule has 4 nitrogen and oxygen atoms in total. The summed E-state index contributed by atoms with van der Waals surface area (Å²) in [7, 11) is 1.73. The van der Waals surface area contributed by atoms with Crippen molar-refractivity contribution in [2.75, 3.05) is 40.0 Å². The van der Waals surface area contributed by atoms with Gasteiger partial charge < -0.3 is 19.1 Å². The van der Waals surface area contributed by atoms with Crippen LogP contribution in [-0.4, -0.2) is 50.6 Å². The summed E-state index contributed by atoms with van der Waals surface area (Å²) in [6, 6.07) is 6.35. The summed E-state index contributed by atoms with van der Waals surface area (Å²) >= 11 is 0. The number of methoxy groups -OCH3 is 1. The molecule has 1 aliphatic heterocycles. The van der Waals surface area contributed by atoms with Gasteiger partial charge in [0.2, 0.25) is 0 Å². The molecule has 0 aliphatic carbocycles. The van der Waals surface area contributed by atoms with Crippen LogP contribution in [0, 0.1) is 6.92 Å². The summed E-state index contributed by atoms with van der Waals surface area (Å²) in [5.41, 5.74) is 2.72. The minimum atomic E-state index is -0.308. The van der Waals surface area contributed by atoms with Crippen molar-refractivity contribution in [2.45, 2.75) is 58.7 Å². The zero-order valence-corrected chi connectivity index (χ0v) is 16.5. The fourth-order valence-electron chi connectivity index (χ4n) is 3.61. The molecule has 0 unspecified atom stereocenters. The monoisotopic (exact) mass is 349 g/mol. The van der Waals surface area contributed by atoms with E-state index < -0.39 is 0 Å². The average molecular weight is 350 g/mol. The third-order valence-corrected chi connectivity index (χ3v) is 5.18. The lowest BCUT2D eigenvalue weighted by atomic mass is 10.0. The molecule has 0 radical (unpaired) electrons. The number of hydrogen-bond donors (Lipinski definition) is 0. The number of benzene rings is 1. The molecule has 0 spiro atoms.